The standard InChI is InChI=1S/C12H15F3N2O2S/c13-8-5-10(14)12(11(15)6-8)17-20(18,19)7-9-3-1-2-4-16-9/h5-6,9,16-17H,1-4,7H2. The summed E-state index contributed by atoms with van der Waals surface area (Å²) in [6.45, 7) is 0.722. The molecule has 4 nitrogen and oxygen atoms in total. The molecule has 0 bridgehead atoms. The van der Waals surface area contributed by atoms with Crippen molar-refractivity contribution in [2.24, 2.45) is 0 Å². The van der Waals surface area contributed by atoms with Crippen LogP contribution in [0.5, 0.6) is 0 Å². The van der Waals surface area contributed by atoms with Crippen molar-refractivity contribution in [2.75, 3.05) is 17.0 Å². The van der Waals surface area contributed by atoms with Gasteiger partial charge in [-0.1, -0.05) is 6.42 Å². The van der Waals surface area contributed by atoms with E-state index in [4.69, 9.17) is 0 Å². The molecule has 1 aliphatic heterocycles. The van der Waals surface area contributed by atoms with Crippen LogP contribution in [-0.2, 0) is 10.0 Å². The number of sulfonamides is 1. The van der Waals surface area contributed by atoms with Gasteiger partial charge in [0.25, 0.3) is 0 Å². The van der Waals surface area contributed by atoms with Crippen molar-refractivity contribution >= 4 is 15.7 Å². The van der Waals surface area contributed by atoms with Gasteiger partial charge in [-0.05, 0) is 19.4 Å². The van der Waals surface area contributed by atoms with Gasteiger partial charge in [-0.25, -0.2) is 21.6 Å². The minimum atomic E-state index is -3.91. The Bertz CT molecular complexity index is 563. The maximum atomic E-state index is 13.4. The first kappa shape index (κ1) is 15.1. The molecule has 2 N–H and O–H groups in total. The number of benzene rings is 1. The van der Waals surface area contributed by atoms with E-state index in [1.807, 2.05) is 4.72 Å². The van der Waals surface area contributed by atoms with Gasteiger partial charge in [0, 0.05) is 18.2 Å². The number of anilines is 1. The molecular weight excluding hydrogens is 293 g/mol. The third kappa shape index (κ3) is 3.86. The summed E-state index contributed by atoms with van der Waals surface area (Å²) in [4.78, 5) is 0. The van der Waals surface area contributed by atoms with Gasteiger partial charge in [0.2, 0.25) is 10.0 Å². The fraction of sp³-hybridized carbons (Fsp3) is 0.500. The second kappa shape index (κ2) is 6.01. The minimum Gasteiger partial charge on any atom is -0.313 e. The van der Waals surface area contributed by atoms with Gasteiger partial charge in [-0.3, -0.25) is 4.72 Å². The summed E-state index contributed by atoms with van der Waals surface area (Å²) >= 11 is 0. The Morgan fingerprint density at radius 2 is 1.85 bits per heavy atom. The summed E-state index contributed by atoms with van der Waals surface area (Å²) in [7, 11) is -3.91. The Balaban J connectivity index is 2.11. The van der Waals surface area contributed by atoms with E-state index in [0.717, 1.165) is 19.4 Å². The lowest BCUT2D eigenvalue weighted by Crippen LogP contribution is -2.40. The van der Waals surface area contributed by atoms with Crippen LogP contribution in [0.2, 0.25) is 0 Å². The van der Waals surface area contributed by atoms with Crippen LogP contribution in [-0.4, -0.2) is 26.8 Å². The molecule has 0 spiro atoms. The molecular formula is C12H15F3N2O2S. The van der Waals surface area contributed by atoms with E-state index >= 15 is 0 Å². The summed E-state index contributed by atoms with van der Waals surface area (Å²) in [5.41, 5.74) is -0.845. The van der Waals surface area contributed by atoms with Crippen molar-refractivity contribution in [3.63, 3.8) is 0 Å². The third-order valence-electron chi connectivity index (χ3n) is 3.10. The van der Waals surface area contributed by atoms with Crippen LogP contribution in [0.1, 0.15) is 19.3 Å². The van der Waals surface area contributed by atoms with Crippen molar-refractivity contribution in [3.05, 3.63) is 29.6 Å². The van der Waals surface area contributed by atoms with Gasteiger partial charge in [0.1, 0.15) is 11.5 Å². The average molecular weight is 308 g/mol. The first-order chi connectivity index (χ1) is 9.37. The lowest BCUT2D eigenvalue weighted by atomic mass is 10.1. The van der Waals surface area contributed by atoms with E-state index in [1.165, 1.54) is 0 Å². The summed E-state index contributed by atoms with van der Waals surface area (Å²) < 4.78 is 65.1. The van der Waals surface area contributed by atoms with Crippen molar-refractivity contribution in [1.82, 2.24) is 5.32 Å². The highest BCUT2D eigenvalue weighted by Gasteiger charge is 2.23. The zero-order chi connectivity index (χ0) is 14.8. The molecule has 0 saturated carbocycles. The Morgan fingerprint density at radius 3 is 2.40 bits per heavy atom. The monoisotopic (exact) mass is 308 g/mol. The van der Waals surface area contributed by atoms with E-state index in [0.29, 0.717) is 18.6 Å². The van der Waals surface area contributed by atoms with E-state index in [-0.39, 0.29) is 11.8 Å². The first-order valence-electron chi connectivity index (χ1n) is 6.26. The normalized spacial score (nSPS) is 19.9. The van der Waals surface area contributed by atoms with Crippen LogP contribution in [0.4, 0.5) is 18.9 Å². The highest BCUT2D eigenvalue weighted by Crippen LogP contribution is 2.22. The van der Waals surface area contributed by atoms with Crippen LogP contribution in [0.25, 0.3) is 0 Å². The largest absolute Gasteiger partial charge is 0.313 e. The predicted octanol–water partition coefficient (Wildman–Crippen LogP) is 1.99. The highest BCUT2D eigenvalue weighted by atomic mass is 32.2. The van der Waals surface area contributed by atoms with Crippen molar-refractivity contribution in [3.8, 4) is 0 Å². The summed E-state index contributed by atoms with van der Waals surface area (Å²) in [6, 6.07) is 0.618. The minimum absolute atomic E-state index is 0.243. The summed E-state index contributed by atoms with van der Waals surface area (Å²) in [6.07, 6.45) is 2.58. The molecule has 2 rings (SSSR count). The molecule has 112 valence electrons. The SMILES string of the molecule is O=S(=O)(CC1CCCCN1)Nc1c(F)cc(F)cc1F. The lowest BCUT2D eigenvalue weighted by molar-refractivity contribution is 0.424. The van der Waals surface area contributed by atoms with Crippen LogP contribution < -0.4 is 10.0 Å². The number of halogens is 3. The highest BCUT2D eigenvalue weighted by molar-refractivity contribution is 7.92. The molecule has 1 aromatic rings. The van der Waals surface area contributed by atoms with Gasteiger partial charge < -0.3 is 5.32 Å². The fourth-order valence-electron chi connectivity index (χ4n) is 2.17. The molecule has 1 heterocycles. The second-order valence-electron chi connectivity index (χ2n) is 4.77. The molecule has 1 atom stereocenters. The quantitative estimate of drug-likeness (QED) is 0.894. The van der Waals surface area contributed by atoms with E-state index in [9.17, 15) is 21.6 Å². The van der Waals surface area contributed by atoms with Crippen LogP contribution >= 0.6 is 0 Å². The number of rotatable bonds is 4. The average Bonchev–Trinajstić information content (AvgIpc) is 2.34. The number of hydrogen-bond acceptors (Lipinski definition) is 3. The lowest BCUT2D eigenvalue weighted by Gasteiger charge is -2.23. The first-order valence-corrected chi connectivity index (χ1v) is 7.91. The van der Waals surface area contributed by atoms with Gasteiger partial charge in [-0.15, -0.1) is 0 Å². The zero-order valence-corrected chi connectivity index (χ0v) is 11.4. The molecule has 1 saturated heterocycles. The zero-order valence-electron chi connectivity index (χ0n) is 10.6. The van der Waals surface area contributed by atoms with Gasteiger partial charge in [-0.2, -0.15) is 0 Å². The van der Waals surface area contributed by atoms with Crippen LogP contribution in [0.15, 0.2) is 12.1 Å². The number of nitrogens with one attached hydrogen (secondary N) is 2. The van der Waals surface area contributed by atoms with Gasteiger partial charge >= 0.3 is 0 Å². The van der Waals surface area contributed by atoms with Crippen molar-refractivity contribution < 1.29 is 21.6 Å². The molecule has 0 radical (unpaired) electrons. The third-order valence-corrected chi connectivity index (χ3v) is 4.45. The van der Waals surface area contributed by atoms with E-state index in [2.05, 4.69) is 5.32 Å². The topological polar surface area (TPSA) is 58.2 Å². The van der Waals surface area contributed by atoms with E-state index < -0.39 is 33.2 Å². The molecule has 1 aromatic carbocycles. The molecule has 1 fully saturated rings. The molecule has 8 heteroatoms. The van der Waals surface area contributed by atoms with Gasteiger partial charge in [0.05, 0.1) is 5.75 Å². The molecule has 0 amide bonds. The fourth-order valence-corrected chi connectivity index (χ4v) is 3.57. The molecule has 20 heavy (non-hydrogen) atoms. The molecule has 0 aromatic heterocycles. The number of hydrogen-bond donors (Lipinski definition) is 2. The molecule has 0 aliphatic carbocycles. The molecule has 1 unspecified atom stereocenters. The Kier molecular flexibility index (Phi) is 4.54. The summed E-state index contributed by atoms with van der Waals surface area (Å²) in [5, 5.41) is 3.03. The van der Waals surface area contributed by atoms with Crippen molar-refractivity contribution in [1.29, 1.82) is 0 Å². The maximum absolute atomic E-state index is 13.4. The molecule has 1 aliphatic rings. The van der Waals surface area contributed by atoms with Crippen LogP contribution in [0, 0.1) is 17.5 Å². The Morgan fingerprint density at radius 1 is 1.20 bits per heavy atom. The van der Waals surface area contributed by atoms with Gasteiger partial charge in [0.15, 0.2) is 11.6 Å². The Hall–Kier alpha value is -1.28. The maximum Gasteiger partial charge on any atom is 0.234 e. The predicted molar refractivity (Wildman–Crippen MR) is 69.4 cm³/mol. The Labute approximate surface area is 115 Å². The van der Waals surface area contributed by atoms with Crippen molar-refractivity contribution in [2.45, 2.75) is 25.3 Å². The van der Waals surface area contributed by atoms with Crippen LogP contribution in [0.3, 0.4) is 0 Å². The van der Waals surface area contributed by atoms with E-state index in [1.54, 1.807) is 0 Å². The second-order valence-corrected chi connectivity index (χ2v) is 6.54. The summed E-state index contributed by atoms with van der Waals surface area (Å²) in [5.74, 6) is -3.93. The smallest absolute Gasteiger partial charge is 0.234 e. The number of piperidine rings is 1.